The van der Waals surface area contributed by atoms with Gasteiger partial charge in [0.25, 0.3) is 0 Å². The largest absolute Gasteiger partial charge is 0.394 e. The summed E-state index contributed by atoms with van der Waals surface area (Å²) in [4.78, 5) is 0. The molecule has 0 aromatic heterocycles. The summed E-state index contributed by atoms with van der Waals surface area (Å²) in [7, 11) is 0. The van der Waals surface area contributed by atoms with Crippen LogP contribution in [0.4, 0.5) is 0 Å². The van der Waals surface area contributed by atoms with E-state index < -0.39 is 0 Å². The molecule has 0 aliphatic heterocycles. The first kappa shape index (κ1) is 8.20. The van der Waals surface area contributed by atoms with Gasteiger partial charge in [0.05, 0.1) is 12.6 Å². The van der Waals surface area contributed by atoms with Crippen LogP contribution in [0.15, 0.2) is 30.3 Å². The van der Waals surface area contributed by atoms with Crippen LogP contribution in [0.25, 0.3) is 0 Å². The zero-order chi connectivity index (χ0) is 8.10. The van der Waals surface area contributed by atoms with Crippen molar-refractivity contribution >= 4 is 0 Å². The Bertz CT molecular complexity index is 197. The third-order valence-electron chi connectivity index (χ3n) is 1.54. The first-order valence-corrected chi connectivity index (χ1v) is 3.44. The maximum atomic E-state index is 8.76. The third-order valence-corrected chi connectivity index (χ3v) is 1.54. The van der Waals surface area contributed by atoms with Gasteiger partial charge in [-0.15, -0.1) is 0 Å². The predicted molar refractivity (Wildman–Crippen MR) is 41.2 cm³/mol. The van der Waals surface area contributed by atoms with Crippen molar-refractivity contribution in [2.45, 2.75) is 6.04 Å². The topological polar surface area (TPSA) is 52.5 Å². The highest BCUT2D eigenvalue weighted by Crippen LogP contribution is 2.09. The molecule has 3 nitrogen and oxygen atoms in total. The zero-order valence-corrected chi connectivity index (χ0v) is 6.07. The maximum Gasteiger partial charge on any atom is 0.0800 e. The second-order valence-corrected chi connectivity index (χ2v) is 2.27. The second-order valence-electron chi connectivity index (χ2n) is 2.27. The van der Waals surface area contributed by atoms with Crippen LogP contribution in [0, 0.1) is 0 Å². The summed E-state index contributed by atoms with van der Waals surface area (Å²) in [5, 5.41) is 17.3. The molecule has 1 rings (SSSR count). The fraction of sp³-hybridized carbons (Fsp3) is 0.250. The van der Waals surface area contributed by atoms with Gasteiger partial charge in [-0.05, 0) is 5.56 Å². The summed E-state index contributed by atoms with van der Waals surface area (Å²) >= 11 is 0. The molecule has 3 N–H and O–H groups in total. The van der Waals surface area contributed by atoms with Crippen molar-refractivity contribution in [3.63, 3.8) is 0 Å². The van der Waals surface area contributed by atoms with Crippen LogP contribution < -0.4 is 5.48 Å². The minimum Gasteiger partial charge on any atom is -0.394 e. The summed E-state index contributed by atoms with van der Waals surface area (Å²) < 4.78 is 0. The van der Waals surface area contributed by atoms with Crippen LogP contribution >= 0.6 is 0 Å². The molecular formula is C8H11NO2. The molecule has 1 atom stereocenters. The van der Waals surface area contributed by atoms with Crippen molar-refractivity contribution in [1.29, 1.82) is 0 Å². The first-order valence-electron chi connectivity index (χ1n) is 3.44. The number of aliphatic hydroxyl groups excluding tert-OH is 1. The Labute approximate surface area is 65.3 Å². The Balaban J connectivity index is 2.74. The smallest absolute Gasteiger partial charge is 0.0800 e. The number of nitrogens with one attached hydrogen (secondary N) is 1. The van der Waals surface area contributed by atoms with Crippen LogP contribution in [0.2, 0.25) is 0 Å². The van der Waals surface area contributed by atoms with Gasteiger partial charge in [0, 0.05) is 0 Å². The lowest BCUT2D eigenvalue weighted by molar-refractivity contribution is 0.0906. The minimum absolute atomic E-state index is 0.111. The number of aliphatic hydroxyl groups is 1. The summed E-state index contributed by atoms with van der Waals surface area (Å²) in [5.41, 5.74) is 2.89. The molecule has 0 radical (unpaired) electrons. The summed E-state index contributed by atoms with van der Waals surface area (Å²) in [5.74, 6) is 0. The van der Waals surface area contributed by atoms with E-state index in [0.717, 1.165) is 5.56 Å². The lowest BCUT2D eigenvalue weighted by Gasteiger charge is -2.10. The molecule has 0 saturated carbocycles. The molecule has 0 amide bonds. The Morgan fingerprint density at radius 2 is 1.91 bits per heavy atom. The van der Waals surface area contributed by atoms with E-state index in [4.69, 9.17) is 10.3 Å². The van der Waals surface area contributed by atoms with Crippen molar-refractivity contribution in [1.82, 2.24) is 5.48 Å². The SMILES string of the molecule is OCC(NO)c1ccccc1. The lowest BCUT2D eigenvalue weighted by Crippen LogP contribution is -2.20. The van der Waals surface area contributed by atoms with Crippen LogP contribution in [-0.2, 0) is 0 Å². The van der Waals surface area contributed by atoms with Crippen molar-refractivity contribution in [3.8, 4) is 0 Å². The molecule has 11 heavy (non-hydrogen) atoms. The molecule has 1 aromatic rings. The van der Waals surface area contributed by atoms with Gasteiger partial charge in [-0.1, -0.05) is 30.3 Å². The van der Waals surface area contributed by atoms with E-state index in [0.29, 0.717) is 0 Å². The van der Waals surface area contributed by atoms with E-state index >= 15 is 0 Å². The normalized spacial score (nSPS) is 12.9. The summed E-state index contributed by atoms with van der Waals surface area (Å²) in [6, 6.07) is 8.89. The van der Waals surface area contributed by atoms with Gasteiger partial charge in [-0.2, -0.15) is 5.48 Å². The number of hydroxylamine groups is 1. The van der Waals surface area contributed by atoms with Crippen LogP contribution in [-0.4, -0.2) is 16.9 Å². The van der Waals surface area contributed by atoms with Crippen molar-refractivity contribution < 1.29 is 10.3 Å². The lowest BCUT2D eigenvalue weighted by atomic mass is 10.1. The van der Waals surface area contributed by atoms with Gasteiger partial charge < -0.3 is 10.3 Å². The Hall–Kier alpha value is -0.900. The van der Waals surface area contributed by atoms with Gasteiger partial charge in [-0.25, -0.2) is 0 Å². The summed E-state index contributed by atoms with van der Waals surface area (Å²) in [6.45, 7) is -0.111. The monoisotopic (exact) mass is 153 g/mol. The highest BCUT2D eigenvalue weighted by molar-refractivity contribution is 5.18. The van der Waals surface area contributed by atoms with Gasteiger partial charge in [0.15, 0.2) is 0 Å². The van der Waals surface area contributed by atoms with Gasteiger partial charge in [0.1, 0.15) is 0 Å². The van der Waals surface area contributed by atoms with Gasteiger partial charge in [-0.3, -0.25) is 0 Å². The molecule has 60 valence electrons. The molecule has 1 aromatic carbocycles. The average Bonchev–Trinajstić information content (AvgIpc) is 2.09. The molecule has 0 aliphatic carbocycles. The van der Waals surface area contributed by atoms with Gasteiger partial charge in [0.2, 0.25) is 0 Å². The Morgan fingerprint density at radius 3 is 2.36 bits per heavy atom. The fourth-order valence-electron chi connectivity index (χ4n) is 0.906. The van der Waals surface area contributed by atoms with Crippen molar-refractivity contribution in [3.05, 3.63) is 35.9 Å². The zero-order valence-electron chi connectivity index (χ0n) is 6.07. The molecule has 0 spiro atoms. The number of hydrogen-bond acceptors (Lipinski definition) is 3. The Kier molecular flexibility index (Phi) is 3.04. The molecule has 0 saturated heterocycles. The minimum atomic E-state index is -0.379. The van der Waals surface area contributed by atoms with E-state index in [1.54, 1.807) is 0 Å². The van der Waals surface area contributed by atoms with E-state index in [-0.39, 0.29) is 12.6 Å². The predicted octanol–water partition coefficient (Wildman–Crippen LogP) is 0.699. The molecule has 0 fully saturated rings. The van der Waals surface area contributed by atoms with Crippen LogP contribution in [0.1, 0.15) is 11.6 Å². The van der Waals surface area contributed by atoms with E-state index in [1.807, 2.05) is 35.8 Å². The van der Waals surface area contributed by atoms with Crippen LogP contribution in [0.3, 0.4) is 0 Å². The molecular weight excluding hydrogens is 142 g/mol. The molecule has 1 unspecified atom stereocenters. The van der Waals surface area contributed by atoms with Crippen molar-refractivity contribution in [2.75, 3.05) is 6.61 Å². The second kappa shape index (κ2) is 4.08. The molecule has 0 aliphatic rings. The molecule has 0 bridgehead atoms. The molecule has 0 heterocycles. The fourth-order valence-corrected chi connectivity index (χ4v) is 0.906. The van der Waals surface area contributed by atoms with E-state index in [9.17, 15) is 0 Å². The number of benzene rings is 1. The number of hydrogen-bond donors (Lipinski definition) is 3. The quantitative estimate of drug-likeness (QED) is 0.560. The first-order chi connectivity index (χ1) is 5.38. The van der Waals surface area contributed by atoms with E-state index in [2.05, 4.69) is 0 Å². The van der Waals surface area contributed by atoms with Crippen LogP contribution in [0.5, 0.6) is 0 Å². The average molecular weight is 153 g/mol. The highest BCUT2D eigenvalue weighted by Gasteiger charge is 2.05. The van der Waals surface area contributed by atoms with E-state index in [1.165, 1.54) is 0 Å². The molecule has 3 heteroatoms. The maximum absolute atomic E-state index is 8.76. The number of rotatable bonds is 3. The standard InChI is InChI=1S/C8H11NO2/c10-6-8(9-11)7-4-2-1-3-5-7/h1-5,8-11H,6H2. The summed E-state index contributed by atoms with van der Waals surface area (Å²) in [6.07, 6.45) is 0. The van der Waals surface area contributed by atoms with Gasteiger partial charge >= 0.3 is 0 Å². The van der Waals surface area contributed by atoms with Crippen molar-refractivity contribution in [2.24, 2.45) is 0 Å². The third kappa shape index (κ3) is 2.01. The Morgan fingerprint density at radius 1 is 1.27 bits per heavy atom. The highest BCUT2D eigenvalue weighted by atomic mass is 16.5.